The first kappa shape index (κ1) is 11.9. The van der Waals surface area contributed by atoms with Crippen LogP contribution in [0.1, 0.15) is 0 Å². The van der Waals surface area contributed by atoms with Crippen molar-refractivity contribution in [2.45, 2.75) is 0 Å². The average molecular weight is 273 g/mol. The number of rotatable bonds is 2. The SMILES string of the molecule is Nc1ccnc(Nc2c(Cl)cc(F)cc2Cl)n1. The zero-order valence-electron chi connectivity index (χ0n) is 8.42. The molecule has 17 heavy (non-hydrogen) atoms. The van der Waals surface area contributed by atoms with Crippen LogP contribution in [0.4, 0.5) is 21.8 Å². The van der Waals surface area contributed by atoms with Crippen LogP contribution in [0.5, 0.6) is 0 Å². The molecule has 0 atom stereocenters. The predicted molar refractivity (Wildman–Crippen MR) is 66.1 cm³/mol. The van der Waals surface area contributed by atoms with Gasteiger partial charge in [0, 0.05) is 6.20 Å². The van der Waals surface area contributed by atoms with Crippen LogP contribution < -0.4 is 11.1 Å². The smallest absolute Gasteiger partial charge is 0.229 e. The van der Waals surface area contributed by atoms with Crippen molar-refractivity contribution in [2.75, 3.05) is 11.1 Å². The minimum atomic E-state index is -0.515. The Labute approximate surface area is 107 Å². The van der Waals surface area contributed by atoms with Crippen LogP contribution in [0.25, 0.3) is 0 Å². The van der Waals surface area contributed by atoms with Crippen molar-refractivity contribution in [3.8, 4) is 0 Å². The van der Waals surface area contributed by atoms with E-state index in [1.54, 1.807) is 6.07 Å². The molecule has 0 amide bonds. The normalized spacial score (nSPS) is 10.3. The number of hydrogen-bond donors (Lipinski definition) is 2. The van der Waals surface area contributed by atoms with Gasteiger partial charge < -0.3 is 11.1 Å². The lowest BCUT2D eigenvalue weighted by atomic mass is 10.3. The fourth-order valence-electron chi connectivity index (χ4n) is 1.21. The first-order chi connectivity index (χ1) is 8.06. The van der Waals surface area contributed by atoms with E-state index in [-0.39, 0.29) is 16.0 Å². The molecule has 0 saturated heterocycles. The number of anilines is 3. The van der Waals surface area contributed by atoms with Gasteiger partial charge in [0.25, 0.3) is 0 Å². The fraction of sp³-hybridized carbons (Fsp3) is 0. The molecule has 0 aliphatic heterocycles. The van der Waals surface area contributed by atoms with Crippen LogP contribution in [-0.2, 0) is 0 Å². The van der Waals surface area contributed by atoms with Gasteiger partial charge in [0.2, 0.25) is 5.95 Å². The van der Waals surface area contributed by atoms with Gasteiger partial charge in [0.05, 0.1) is 15.7 Å². The zero-order valence-corrected chi connectivity index (χ0v) is 9.93. The minimum absolute atomic E-state index is 0.140. The molecule has 0 aliphatic carbocycles. The van der Waals surface area contributed by atoms with Gasteiger partial charge in [-0.25, -0.2) is 9.37 Å². The van der Waals surface area contributed by atoms with E-state index >= 15 is 0 Å². The van der Waals surface area contributed by atoms with Crippen LogP contribution >= 0.6 is 23.2 Å². The Hall–Kier alpha value is -1.59. The first-order valence-electron chi connectivity index (χ1n) is 4.56. The van der Waals surface area contributed by atoms with Gasteiger partial charge in [0.15, 0.2) is 0 Å². The van der Waals surface area contributed by atoms with Crippen LogP contribution in [0.3, 0.4) is 0 Å². The molecular weight excluding hydrogens is 266 g/mol. The molecule has 0 radical (unpaired) electrons. The van der Waals surface area contributed by atoms with Gasteiger partial charge >= 0.3 is 0 Å². The monoisotopic (exact) mass is 272 g/mol. The second kappa shape index (κ2) is 4.73. The summed E-state index contributed by atoms with van der Waals surface area (Å²) >= 11 is 11.7. The molecule has 0 unspecified atom stereocenters. The summed E-state index contributed by atoms with van der Waals surface area (Å²) in [4.78, 5) is 7.84. The summed E-state index contributed by atoms with van der Waals surface area (Å²) in [7, 11) is 0. The maximum atomic E-state index is 13.0. The van der Waals surface area contributed by atoms with Crippen molar-refractivity contribution in [1.82, 2.24) is 9.97 Å². The van der Waals surface area contributed by atoms with Crippen molar-refractivity contribution < 1.29 is 4.39 Å². The number of nitrogens with one attached hydrogen (secondary N) is 1. The van der Waals surface area contributed by atoms with E-state index < -0.39 is 5.82 Å². The molecule has 1 aromatic heterocycles. The van der Waals surface area contributed by atoms with E-state index in [1.165, 1.54) is 6.20 Å². The lowest BCUT2D eigenvalue weighted by molar-refractivity contribution is 0.628. The van der Waals surface area contributed by atoms with Gasteiger partial charge in [-0.3, -0.25) is 0 Å². The highest BCUT2D eigenvalue weighted by molar-refractivity contribution is 6.39. The summed E-state index contributed by atoms with van der Waals surface area (Å²) in [6.45, 7) is 0. The number of aromatic nitrogens is 2. The average Bonchev–Trinajstić information content (AvgIpc) is 2.23. The van der Waals surface area contributed by atoms with E-state index in [0.29, 0.717) is 11.5 Å². The largest absolute Gasteiger partial charge is 0.384 e. The second-order valence-corrected chi connectivity index (χ2v) is 3.99. The second-order valence-electron chi connectivity index (χ2n) is 3.17. The Bertz CT molecular complexity index is 539. The van der Waals surface area contributed by atoms with Crippen LogP contribution in [0.2, 0.25) is 10.0 Å². The zero-order chi connectivity index (χ0) is 12.4. The standard InChI is InChI=1S/C10H7Cl2FN4/c11-6-3-5(13)4-7(12)9(6)17-10-15-2-1-8(14)16-10/h1-4H,(H3,14,15,16,17). The summed E-state index contributed by atoms with van der Waals surface area (Å²) < 4.78 is 13.0. The lowest BCUT2D eigenvalue weighted by Gasteiger charge is -2.09. The highest BCUT2D eigenvalue weighted by atomic mass is 35.5. The number of hydrogen-bond acceptors (Lipinski definition) is 4. The number of nitrogens with zero attached hydrogens (tertiary/aromatic N) is 2. The van der Waals surface area contributed by atoms with Crippen molar-refractivity contribution in [3.05, 3.63) is 40.3 Å². The summed E-state index contributed by atoms with van der Waals surface area (Å²) in [6, 6.07) is 3.82. The van der Waals surface area contributed by atoms with Crippen LogP contribution in [-0.4, -0.2) is 9.97 Å². The molecule has 0 spiro atoms. The number of nitrogens with two attached hydrogens (primary N) is 1. The Balaban J connectivity index is 2.36. The first-order valence-corrected chi connectivity index (χ1v) is 5.32. The molecule has 2 aromatic rings. The van der Waals surface area contributed by atoms with Gasteiger partial charge in [-0.2, -0.15) is 4.98 Å². The minimum Gasteiger partial charge on any atom is -0.384 e. The summed E-state index contributed by atoms with van der Waals surface area (Å²) in [5, 5.41) is 3.06. The molecular formula is C10H7Cl2FN4. The third-order valence-electron chi connectivity index (χ3n) is 1.92. The number of benzene rings is 1. The molecule has 1 heterocycles. The molecule has 0 saturated carbocycles. The summed E-state index contributed by atoms with van der Waals surface area (Å²) in [6.07, 6.45) is 1.48. The fourth-order valence-corrected chi connectivity index (χ4v) is 1.76. The van der Waals surface area contributed by atoms with Gasteiger partial charge in [-0.1, -0.05) is 23.2 Å². The maximum absolute atomic E-state index is 13.0. The predicted octanol–water partition coefficient (Wildman–Crippen LogP) is 3.25. The van der Waals surface area contributed by atoms with E-state index in [4.69, 9.17) is 28.9 Å². The quantitative estimate of drug-likeness (QED) is 0.881. The van der Waals surface area contributed by atoms with E-state index in [0.717, 1.165) is 12.1 Å². The Morgan fingerprint density at radius 2 is 1.88 bits per heavy atom. The molecule has 7 heteroatoms. The molecule has 4 nitrogen and oxygen atoms in total. The summed E-state index contributed by atoms with van der Waals surface area (Å²) in [5.74, 6) is 0.0244. The Morgan fingerprint density at radius 1 is 1.24 bits per heavy atom. The molecule has 0 aliphatic rings. The van der Waals surface area contributed by atoms with E-state index in [9.17, 15) is 4.39 Å². The Kier molecular flexibility index (Phi) is 3.31. The van der Waals surface area contributed by atoms with E-state index in [2.05, 4.69) is 15.3 Å². The van der Waals surface area contributed by atoms with Crippen LogP contribution in [0, 0.1) is 5.82 Å². The highest BCUT2D eigenvalue weighted by Crippen LogP contribution is 2.32. The summed E-state index contributed by atoms with van der Waals surface area (Å²) in [5.41, 5.74) is 5.83. The molecule has 0 fully saturated rings. The van der Waals surface area contributed by atoms with E-state index in [1.807, 2.05) is 0 Å². The molecule has 88 valence electrons. The molecule has 2 rings (SSSR count). The van der Waals surface area contributed by atoms with Gasteiger partial charge in [-0.05, 0) is 18.2 Å². The highest BCUT2D eigenvalue weighted by Gasteiger charge is 2.09. The third-order valence-corrected chi connectivity index (χ3v) is 2.52. The van der Waals surface area contributed by atoms with Gasteiger partial charge in [0.1, 0.15) is 11.6 Å². The van der Waals surface area contributed by atoms with Crippen molar-refractivity contribution in [3.63, 3.8) is 0 Å². The van der Waals surface area contributed by atoms with Crippen molar-refractivity contribution in [1.29, 1.82) is 0 Å². The van der Waals surface area contributed by atoms with Crippen molar-refractivity contribution >= 4 is 40.7 Å². The molecule has 1 aromatic carbocycles. The Morgan fingerprint density at radius 3 is 2.47 bits per heavy atom. The number of nitrogen functional groups attached to an aromatic ring is 1. The van der Waals surface area contributed by atoms with Crippen molar-refractivity contribution in [2.24, 2.45) is 0 Å². The lowest BCUT2D eigenvalue weighted by Crippen LogP contribution is -2.00. The maximum Gasteiger partial charge on any atom is 0.229 e. The van der Waals surface area contributed by atoms with Crippen LogP contribution in [0.15, 0.2) is 24.4 Å². The molecule has 0 bridgehead atoms. The van der Waals surface area contributed by atoms with Gasteiger partial charge in [-0.15, -0.1) is 0 Å². The topological polar surface area (TPSA) is 63.8 Å². The number of halogens is 3. The third kappa shape index (κ3) is 2.75. The molecule has 3 N–H and O–H groups in total.